The SMILES string of the molecule is CC(C)(C)CCNC(=O)C(O)C(C)(C)COP(=O)(O)O. The third-order valence-electron chi connectivity index (χ3n) is 2.77. The van der Waals surface area contributed by atoms with E-state index in [-0.39, 0.29) is 5.41 Å². The van der Waals surface area contributed by atoms with Crippen LogP contribution in [0.1, 0.15) is 41.0 Å². The van der Waals surface area contributed by atoms with Crippen LogP contribution in [0.25, 0.3) is 0 Å². The van der Waals surface area contributed by atoms with Gasteiger partial charge in [-0.05, 0) is 11.8 Å². The zero-order valence-corrected chi connectivity index (χ0v) is 13.6. The molecule has 0 radical (unpaired) electrons. The summed E-state index contributed by atoms with van der Waals surface area (Å²) in [5, 5.41) is 12.5. The molecule has 0 aromatic heterocycles. The average Bonchev–Trinajstić information content (AvgIpc) is 2.22. The summed E-state index contributed by atoms with van der Waals surface area (Å²) < 4.78 is 15.0. The van der Waals surface area contributed by atoms with E-state index < -0.39 is 31.9 Å². The number of aliphatic hydroxyl groups is 1. The molecule has 1 amide bonds. The Kier molecular flexibility index (Phi) is 6.84. The standard InChI is InChI=1S/C12H26NO6P/c1-11(2,3)6-7-13-10(15)9(14)12(4,5)8-19-20(16,17)18/h9,14H,6-8H2,1-5H3,(H,13,15)(H2,16,17,18). The second-order valence-corrected chi connectivity index (χ2v) is 8.00. The van der Waals surface area contributed by atoms with Crippen molar-refractivity contribution in [1.82, 2.24) is 5.32 Å². The lowest BCUT2D eigenvalue weighted by molar-refractivity contribution is -0.137. The first-order chi connectivity index (χ1) is 8.75. The molecule has 0 aliphatic carbocycles. The van der Waals surface area contributed by atoms with Crippen molar-refractivity contribution >= 4 is 13.7 Å². The second kappa shape index (κ2) is 7.00. The summed E-state index contributed by atoms with van der Waals surface area (Å²) in [4.78, 5) is 29.1. The fourth-order valence-corrected chi connectivity index (χ4v) is 1.84. The Morgan fingerprint density at radius 3 is 2.15 bits per heavy atom. The average molecular weight is 311 g/mol. The molecule has 0 aliphatic heterocycles. The van der Waals surface area contributed by atoms with Crippen LogP contribution in [0.4, 0.5) is 0 Å². The molecule has 0 fully saturated rings. The van der Waals surface area contributed by atoms with E-state index in [9.17, 15) is 14.5 Å². The summed E-state index contributed by atoms with van der Waals surface area (Å²) in [5.41, 5.74) is -1.04. The van der Waals surface area contributed by atoms with Crippen molar-refractivity contribution in [3.05, 3.63) is 0 Å². The van der Waals surface area contributed by atoms with Gasteiger partial charge in [0.2, 0.25) is 5.91 Å². The van der Waals surface area contributed by atoms with Crippen molar-refractivity contribution in [1.29, 1.82) is 0 Å². The molecule has 0 aromatic carbocycles. The maximum atomic E-state index is 11.8. The normalized spacial score (nSPS) is 15.0. The topological polar surface area (TPSA) is 116 Å². The van der Waals surface area contributed by atoms with Gasteiger partial charge in [0.05, 0.1) is 6.61 Å². The zero-order chi connectivity index (χ0) is 16.2. The minimum atomic E-state index is -4.62. The highest BCUT2D eigenvalue weighted by atomic mass is 31.2. The minimum Gasteiger partial charge on any atom is -0.383 e. The van der Waals surface area contributed by atoms with E-state index in [4.69, 9.17) is 9.79 Å². The van der Waals surface area contributed by atoms with Crippen LogP contribution in [0, 0.1) is 10.8 Å². The number of phosphoric acid groups is 1. The van der Waals surface area contributed by atoms with E-state index in [2.05, 4.69) is 9.84 Å². The van der Waals surface area contributed by atoms with Gasteiger partial charge in [-0.15, -0.1) is 0 Å². The molecule has 0 aromatic rings. The highest BCUT2D eigenvalue weighted by Crippen LogP contribution is 2.38. The fourth-order valence-electron chi connectivity index (χ4n) is 1.34. The van der Waals surface area contributed by atoms with Gasteiger partial charge >= 0.3 is 7.82 Å². The maximum absolute atomic E-state index is 11.8. The molecule has 0 bridgehead atoms. The first-order valence-corrected chi connectivity index (χ1v) is 7.93. The molecule has 1 unspecified atom stereocenters. The number of phosphoric ester groups is 1. The molecule has 20 heavy (non-hydrogen) atoms. The summed E-state index contributed by atoms with van der Waals surface area (Å²) >= 11 is 0. The summed E-state index contributed by atoms with van der Waals surface area (Å²) in [6.45, 7) is 9.10. The summed E-state index contributed by atoms with van der Waals surface area (Å²) in [5.74, 6) is -0.575. The van der Waals surface area contributed by atoms with Gasteiger partial charge in [-0.25, -0.2) is 4.57 Å². The number of aliphatic hydroxyl groups excluding tert-OH is 1. The van der Waals surface area contributed by atoms with E-state index in [1.54, 1.807) is 0 Å². The monoisotopic (exact) mass is 311 g/mol. The molecule has 0 aliphatic rings. The Bertz CT molecular complexity index is 371. The molecule has 120 valence electrons. The molecular formula is C12H26NO6P. The Morgan fingerprint density at radius 1 is 1.25 bits per heavy atom. The number of hydrogen-bond acceptors (Lipinski definition) is 4. The number of rotatable bonds is 7. The molecule has 0 spiro atoms. The molecule has 0 saturated carbocycles. The third kappa shape index (κ3) is 8.66. The van der Waals surface area contributed by atoms with Crippen molar-refractivity contribution in [2.24, 2.45) is 10.8 Å². The lowest BCUT2D eigenvalue weighted by atomic mass is 9.87. The number of amides is 1. The Morgan fingerprint density at radius 2 is 1.75 bits per heavy atom. The van der Waals surface area contributed by atoms with E-state index >= 15 is 0 Å². The van der Waals surface area contributed by atoms with E-state index in [0.717, 1.165) is 6.42 Å². The van der Waals surface area contributed by atoms with Crippen LogP contribution in [-0.4, -0.2) is 40.1 Å². The van der Waals surface area contributed by atoms with Gasteiger partial charge in [0, 0.05) is 12.0 Å². The first kappa shape index (κ1) is 19.5. The molecular weight excluding hydrogens is 285 g/mol. The van der Waals surface area contributed by atoms with Crippen molar-refractivity contribution in [2.75, 3.05) is 13.2 Å². The van der Waals surface area contributed by atoms with Crippen LogP contribution >= 0.6 is 7.82 Å². The fraction of sp³-hybridized carbons (Fsp3) is 0.917. The highest BCUT2D eigenvalue weighted by Gasteiger charge is 2.35. The smallest absolute Gasteiger partial charge is 0.383 e. The van der Waals surface area contributed by atoms with E-state index in [1.165, 1.54) is 13.8 Å². The molecule has 8 heteroatoms. The highest BCUT2D eigenvalue weighted by molar-refractivity contribution is 7.46. The first-order valence-electron chi connectivity index (χ1n) is 6.40. The summed E-state index contributed by atoms with van der Waals surface area (Å²) in [6.07, 6.45) is -0.653. The van der Waals surface area contributed by atoms with Crippen LogP contribution in [0.3, 0.4) is 0 Å². The number of hydrogen-bond donors (Lipinski definition) is 4. The molecule has 1 atom stereocenters. The second-order valence-electron chi connectivity index (χ2n) is 6.76. The van der Waals surface area contributed by atoms with Crippen LogP contribution in [0.2, 0.25) is 0 Å². The van der Waals surface area contributed by atoms with Gasteiger partial charge in [-0.1, -0.05) is 34.6 Å². The lowest BCUT2D eigenvalue weighted by Gasteiger charge is -2.29. The van der Waals surface area contributed by atoms with Crippen LogP contribution in [0.5, 0.6) is 0 Å². The number of nitrogens with one attached hydrogen (secondary N) is 1. The van der Waals surface area contributed by atoms with Crippen molar-refractivity contribution < 1.29 is 28.8 Å². The van der Waals surface area contributed by atoms with E-state index in [0.29, 0.717) is 6.54 Å². The lowest BCUT2D eigenvalue weighted by Crippen LogP contribution is -2.46. The molecule has 0 saturated heterocycles. The third-order valence-corrected chi connectivity index (χ3v) is 3.23. The molecule has 0 rings (SSSR count). The van der Waals surface area contributed by atoms with Crippen molar-refractivity contribution in [3.63, 3.8) is 0 Å². The van der Waals surface area contributed by atoms with Gasteiger partial charge in [0.1, 0.15) is 6.10 Å². The van der Waals surface area contributed by atoms with Gasteiger partial charge in [-0.3, -0.25) is 9.32 Å². The Balaban J connectivity index is 4.37. The number of carbonyl (C=O) groups excluding carboxylic acids is 1. The maximum Gasteiger partial charge on any atom is 0.469 e. The summed E-state index contributed by atoms with van der Waals surface area (Å²) in [7, 11) is -4.62. The molecule has 0 heterocycles. The van der Waals surface area contributed by atoms with Crippen molar-refractivity contribution in [3.8, 4) is 0 Å². The largest absolute Gasteiger partial charge is 0.469 e. The van der Waals surface area contributed by atoms with Gasteiger partial charge in [-0.2, -0.15) is 0 Å². The quantitative estimate of drug-likeness (QED) is 0.522. The molecule has 7 nitrogen and oxygen atoms in total. The van der Waals surface area contributed by atoms with Crippen molar-refractivity contribution in [2.45, 2.75) is 47.1 Å². The Hall–Kier alpha value is -0.460. The van der Waals surface area contributed by atoms with Gasteiger partial charge in [0.25, 0.3) is 0 Å². The number of carbonyl (C=O) groups is 1. The van der Waals surface area contributed by atoms with E-state index in [1.807, 2.05) is 20.8 Å². The predicted octanol–water partition coefficient (Wildman–Crippen LogP) is 1.04. The molecule has 4 N–H and O–H groups in total. The van der Waals surface area contributed by atoms with Crippen LogP contribution < -0.4 is 5.32 Å². The summed E-state index contributed by atoms with van der Waals surface area (Å²) in [6, 6.07) is 0. The Labute approximate surface area is 120 Å². The predicted molar refractivity (Wildman–Crippen MR) is 74.9 cm³/mol. The van der Waals surface area contributed by atoms with Crippen LogP contribution in [-0.2, 0) is 13.9 Å². The van der Waals surface area contributed by atoms with Gasteiger partial charge in [0.15, 0.2) is 0 Å². The minimum absolute atomic E-state index is 0.0667. The van der Waals surface area contributed by atoms with Gasteiger partial charge < -0.3 is 20.2 Å². The van der Waals surface area contributed by atoms with Crippen LogP contribution in [0.15, 0.2) is 0 Å². The zero-order valence-electron chi connectivity index (χ0n) is 12.7.